The summed E-state index contributed by atoms with van der Waals surface area (Å²) in [7, 11) is 0. The number of carbonyl (C=O) groups is 1. The predicted octanol–water partition coefficient (Wildman–Crippen LogP) is 4.92. The van der Waals surface area contributed by atoms with E-state index in [-0.39, 0.29) is 17.5 Å². The summed E-state index contributed by atoms with van der Waals surface area (Å²) in [6.45, 7) is 1.56. The Morgan fingerprint density at radius 3 is 2.57 bits per heavy atom. The van der Waals surface area contributed by atoms with Crippen molar-refractivity contribution in [1.82, 2.24) is 10.2 Å². The molecule has 2 aromatic carbocycles. The Kier molecular flexibility index (Phi) is 6.44. The van der Waals surface area contributed by atoms with E-state index in [1.165, 1.54) is 17.0 Å². The molecular weight excluding hydrogens is 404 g/mol. The van der Waals surface area contributed by atoms with Crippen LogP contribution in [0.3, 0.4) is 0 Å². The minimum Gasteiger partial charge on any atom is -0.481 e. The molecule has 144 valence electrons. The van der Waals surface area contributed by atoms with Crippen molar-refractivity contribution < 1.29 is 13.9 Å². The smallest absolute Gasteiger partial charge is 0.269 e. The van der Waals surface area contributed by atoms with Gasteiger partial charge in [0, 0.05) is 10.6 Å². The first kappa shape index (κ1) is 20.0. The largest absolute Gasteiger partial charge is 0.481 e. The lowest BCUT2D eigenvalue weighted by atomic mass is 10.2. The molecule has 0 radical (unpaired) electrons. The molecular formula is C20H16Cl2FN3O2. The van der Waals surface area contributed by atoms with Crippen LogP contribution in [0, 0.1) is 5.82 Å². The van der Waals surface area contributed by atoms with Crippen LogP contribution in [-0.4, -0.2) is 22.2 Å². The van der Waals surface area contributed by atoms with E-state index < -0.39 is 17.8 Å². The van der Waals surface area contributed by atoms with E-state index >= 15 is 0 Å². The minimum absolute atomic E-state index is 0.0366. The van der Waals surface area contributed by atoms with Gasteiger partial charge in [0.25, 0.3) is 5.91 Å². The molecule has 0 bridgehead atoms. The molecule has 1 atom stereocenters. The van der Waals surface area contributed by atoms with Crippen molar-refractivity contribution in [1.29, 1.82) is 0 Å². The maximum absolute atomic E-state index is 14.1. The number of ether oxygens (including phenoxy) is 1. The first-order valence-corrected chi connectivity index (χ1v) is 9.16. The SMILES string of the molecule is C[C@@H](Oc1cccc(Cl)c1)C(=O)N(Cc1ccccc1F)c1ccc(Cl)nn1. The standard InChI is InChI=1S/C20H16Cl2FN3O2/c1-13(28-16-7-4-6-15(21)11-16)20(27)26(19-10-9-18(22)24-25-19)12-14-5-2-3-8-17(14)23/h2-11,13H,12H2,1H3/t13-/m1/s1. The van der Waals surface area contributed by atoms with Gasteiger partial charge in [0.2, 0.25) is 0 Å². The fraction of sp³-hybridized carbons (Fsp3) is 0.150. The Morgan fingerprint density at radius 1 is 1.11 bits per heavy atom. The van der Waals surface area contributed by atoms with Crippen molar-refractivity contribution >= 4 is 34.9 Å². The second-order valence-electron chi connectivity index (χ2n) is 5.95. The van der Waals surface area contributed by atoms with Crippen molar-refractivity contribution in [3.05, 3.63) is 82.2 Å². The Balaban J connectivity index is 1.87. The molecule has 1 heterocycles. The van der Waals surface area contributed by atoms with Gasteiger partial charge >= 0.3 is 0 Å². The second kappa shape index (κ2) is 8.99. The predicted molar refractivity (Wildman–Crippen MR) is 106 cm³/mol. The van der Waals surface area contributed by atoms with Gasteiger partial charge in [-0.2, -0.15) is 0 Å². The van der Waals surface area contributed by atoms with Gasteiger partial charge in [-0.1, -0.05) is 47.5 Å². The highest BCUT2D eigenvalue weighted by Gasteiger charge is 2.26. The molecule has 0 aliphatic carbocycles. The van der Waals surface area contributed by atoms with Gasteiger partial charge in [0.1, 0.15) is 11.6 Å². The fourth-order valence-corrected chi connectivity index (χ4v) is 2.82. The van der Waals surface area contributed by atoms with Gasteiger partial charge in [-0.25, -0.2) is 4.39 Å². The average Bonchev–Trinajstić information content (AvgIpc) is 2.68. The lowest BCUT2D eigenvalue weighted by Crippen LogP contribution is -2.41. The van der Waals surface area contributed by atoms with Crippen LogP contribution in [0.1, 0.15) is 12.5 Å². The fourth-order valence-electron chi connectivity index (χ4n) is 2.54. The van der Waals surface area contributed by atoms with Crippen LogP contribution in [-0.2, 0) is 11.3 Å². The molecule has 8 heteroatoms. The van der Waals surface area contributed by atoms with Crippen molar-refractivity contribution in [3.63, 3.8) is 0 Å². The third-order valence-corrected chi connectivity index (χ3v) is 4.34. The third kappa shape index (κ3) is 4.97. The number of nitrogens with zero attached hydrogens (tertiary/aromatic N) is 3. The highest BCUT2D eigenvalue weighted by atomic mass is 35.5. The first-order valence-electron chi connectivity index (χ1n) is 8.40. The van der Waals surface area contributed by atoms with Crippen molar-refractivity contribution in [2.24, 2.45) is 0 Å². The lowest BCUT2D eigenvalue weighted by molar-refractivity contribution is -0.124. The molecule has 3 aromatic rings. The van der Waals surface area contributed by atoms with E-state index in [0.29, 0.717) is 16.3 Å². The maximum atomic E-state index is 14.1. The Labute approximate surface area is 171 Å². The van der Waals surface area contributed by atoms with E-state index in [0.717, 1.165) is 0 Å². The van der Waals surface area contributed by atoms with E-state index in [9.17, 15) is 9.18 Å². The third-order valence-electron chi connectivity index (χ3n) is 3.90. The average molecular weight is 420 g/mol. The van der Waals surface area contributed by atoms with Crippen LogP contribution < -0.4 is 9.64 Å². The molecule has 0 saturated carbocycles. The molecule has 0 aliphatic heterocycles. The summed E-state index contributed by atoms with van der Waals surface area (Å²) in [6.07, 6.45) is -0.872. The van der Waals surface area contributed by atoms with Crippen molar-refractivity contribution in [3.8, 4) is 5.75 Å². The van der Waals surface area contributed by atoms with Gasteiger partial charge < -0.3 is 4.74 Å². The quantitative estimate of drug-likeness (QED) is 0.568. The number of hydrogen-bond acceptors (Lipinski definition) is 4. The summed E-state index contributed by atoms with van der Waals surface area (Å²) >= 11 is 11.7. The molecule has 0 N–H and O–H groups in total. The zero-order chi connectivity index (χ0) is 20.1. The van der Waals surface area contributed by atoms with Gasteiger partial charge in [-0.15, -0.1) is 10.2 Å². The lowest BCUT2D eigenvalue weighted by Gasteiger charge is -2.25. The number of benzene rings is 2. The van der Waals surface area contributed by atoms with E-state index in [1.807, 2.05) is 0 Å². The molecule has 28 heavy (non-hydrogen) atoms. The van der Waals surface area contributed by atoms with Crippen LogP contribution in [0.2, 0.25) is 10.2 Å². The van der Waals surface area contributed by atoms with E-state index in [4.69, 9.17) is 27.9 Å². The number of aromatic nitrogens is 2. The zero-order valence-electron chi connectivity index (χ0n) is 14.8. The highest BCUT2D eigenvalue weighted by molar-refractivity contribution is 6.30. The van der Waals surface area contributed by atoms with Crippen LogP contribution in [0.4, 0.5) is 10.2 Å². The minimum atomic E-state index is -0.872. The van der Waals surface area contributed by atoms with Crippen molar-refractivity contribution in [2.75, 3.05) is 4.90 Å². The summed E-state index contributed by atoms with van der Waals surface area (Å²) < 4.78 is 19.9. The summed E-state index contributed by atoms with van der Waals surface area (Å²) in [5.74, 6) is -0.161. The summed E-state index contributed by atoms with van der Waals surface area (Å²) in [4.78, 5) is 14.4. The van der Waals surface area contributed by atoms with E-state index in [2.05, 4.69) is 10.2 Å². The molecule has 0 saturated heterocycles. The monoisotopic (exact) mass is 419 g/mol. The zero-order valence-corrected chi connectivity index (χ0v) is 16.4. The van der Waals surface area contributed by atoms with Gasteiger partial charge in [-0.3, -0.25) is 9.69 Å². The molecule has 1 amide bonds. The number of amides is 1. The van der Waals surface area contributed by atoms with Crippen molar-refractivity contribution in [2.45, 2.75) is 19.6 Å². The molecule has 0 fully saturated rings. The Hall–Kier alpha value is -2.70. The first-order chi connectivity index (χ1) is 13.4. The highest BCUT2D eigenvalue weighted by Crippen LogP contribution is 2.22. The van der Waals surface area contributed by atoms with Gasteiger partial charge in [0.05, 0.1) is 6.54 Å². The molecule has 0 spiro atoms. The number of rotatable bonds is 6. The molecule has 0 aliphatic rings. The van der Waals surface area contributed by atoms with Crippen LogP contribution in [0.25, 0.3) is 0 Å². The second-order valence-corrected chi connectivity index (χ2v) is 6.77. The van der Waals surface area contributed by atoms with E-state index in [1.54, 1.807) is 55.5 Å². The van der Waals surface area contributed by atoms with Crippen LogP contribution in [0.5, 0.6) is 5.75 Å². The number of anilines is 1. The number of hydrogen-bond donors (Lipinski definition) is 0. The van der Waals surface area contributed by atoms with Crippen LogP contribution in [0.15, 0.2) is 60.7 Å². The normalized spacial score (nSPS) is 11.7. The summed E-state index contributed by atoms with van der Waals surface area (Å²) in [5.41, 5.74) is 0.336. The molecule has 0 unspecified atom stereocenters. The summed E-state index contributed by atoms with van der Waals surface area (Å²) in [5, 5.41) is 8.40. The van der Waals surface area contributed by atoms with Crippen LogP contribution >= 0.6 is 23.2 Å². The number of carbonyl (C=O) groups excluding carboxylic acids is 1. The maximum Gasteiger partial charge on any atom is 0.269 e. The Bertz CT molecular complexity index is 970. The molecule has 3 rings (SSSR count). The van der Waals surface area contributed by atoms with Gasteiger partial charge in [-0.05, 0) is 43.3 Å². The van der Waals surface area contributed by atoms with Gasteiger partial charge in [0.15, 0.2) is 17.1 Å². The molecule has 1 aromatic heterocycles. The number of halogens is 3. The molecule has 5 nitrogen and oxygen atoms in total. The topological polar surface area (TPSA) is 55.3 Å². The summed E-state index contributed by atoms with van der Waals surface area (Å²) in [6, 6.07) is 16.0. The Morgan fingerprint density at radius 2 is 1.89 bits per heavy atom.